The van der Waals surface area contributed by atoms with E-state index in [1.165, 1.54) is 5.56 Å². The fourth-order valence-electron chi connectivity index (χ4n) is 2.69. The normalized spacial score (nSPS) is 19.2. The van der Waals surface area contributed by atoms with E-state index in [2.05, 4.69) is 39.4 Å². The van der Waals surface area contributed by atoms with E-state index in [0.29, 0.717) is 13.1 Å². The molecule has 1 saturated heterocycles. The van der Waals surface area contributed by atoms with Crippen molar-refractivity contribution in [2.75, 3.05) is 39.3 Å². The van der Waals surface area contributed by atoms with Gasteiger partial charge in [0.1, 0.15) is 0 Å². The number of aliphatic hydroxyl groups is 1. The minimum absolute atomic E-state index is 0.00701. The average molecular weight is 333 g/mol. The Morgan fingerprint density at radius 2 is 1.75 bits per heavy atom. The molecule has 1 fully saturated rings. The number of amides is 1. The number of carbonyl (C=O) groups excluding carboxylic acids is 1. The van der Waals surface area contributed by atoms with Gasteiger partial charge in [-0.15, -0.1) is 0 Å². The van der Waals surface area contributed by atoms with Gasteiger partial charge in [-0.1, -0.05) is 44.2 Å². The Balaban J connectivity index is 1.68. The minimum atomic E-state index is -0.857. The number of nitrogens with one attached hydrogen (secondary N) is 1. The highest BCUT2D eigenvalue weighted by Crippen LogP contribution is 2.14. The third kappa shape index (κ3) is 5.89. The van der Waals surface area contributed by atoms with E-state index in [1.807, 2.05) is 19.9 Å². The summed E-state index contributed by atoms with van der Waals surface area (Å²) in [6.07, 6.45) is 0. The molecule has 0 bridgehead atoms. The first-order valence-electron chi connectivity index (χ1n) is 8.84. The molecule has 0 aromatic heterocycles. The summed E-state index contributed by atoms with van der Waals surface area (Å²) in [5.41, 5.74) is 0.476. The second-order valence-electron chi connectivity index (χ2n) is 7.33. The topological polar surface area (TPSA) is 55.8 Å². The van der Waals surface area contributed by atoms with Gasteiger partial charge in [0, 0.05) is 39.3 Å². The third-order valence-electron chi connectivity index (χ3n) is 4.97. The Morgan fingerprint density at radius 3 is 2.33 bits per heavy atom. The molecule has 2 rings (SSSR count). The van der Waals surface area contributed by atoms with Gasteiger partial charge in [0.2, 0.25) is 5.91 Å². The summed E-state index contributed by atoms with van der Waals surface area (Å²) in [6.45, 7) is 11.1. The lowest BCUT2D eigenvalue weighted by Gasteiger charge is -2.34. The predicted octanol–water partition coefficient (Wildman–Crippen LogP) is 1.33. The van der Waals surface area contributed by atoms with Crippen LogP contribution in [-0.4, -0.2) is 65.7 Å². The summed E-state index contributed by atoms with van der Waals surface area (Å²) in [7, 11) is 0. The average Bonchev–Trinajstić information content (AvgIpc) is 2.56. The smallest absolute Gasteiger partial charge is 0.234 e. The molecule has 1 heterocycles. The predicted molar refractivity (Wildman–Crippen MR) is 96.6 cm³/mol. The molecule has 5 nitrogen and oxygen atoms in total. The van der Waals surface area contributed by atoms with Crippen molar-refractivity contribution in [2.24, 2.45) is 5.92 Å². The highest BCUT2D eigenvalue weighted by atomic mass is 16.3. The van der Waals surface area contributed by atoms with Crippen LogP contribution in [0.4, 0.5) is 0 Å². The molecule has 134 valence electrons. The van der Waals surface area contributed by atoms with E-state index >= 15 is 0 Å². The zero-order valence-corrected chi connectivity index (χ0v) is 15.2. The van der Waals surface area contributed by atoms with Crippen LogP contribution in [-0.2, 0) is 11.3 Å². The molecule has 1 unspecified atom stereocenters. The van der Waals surface area contributed by atoms with Gasteiger partial charge in [0.05, 0.1) is 12.1 Å². The van der Waals surface area contributed by atoms with Crippen molar-refractivity contribution in [3.63, 3.8) is 0 Å². The quantitative estimate of drug-likeness (QED) is 0.790. The lowest BCUT2D eigenvalue weighted by Crippen LogP contribution is -2.51. The van der Waals surface area contributed by atoms with E-state index in [4.69, 9.17) is 0 Å². The number of piperazine rings is 1. The number of rotatable bonds is 7. The van der Waals surface area contributed by atoms with Crippen LogP contribution in [0.5, 0.6) is 0 Å². The van der Waals surface area contributed by atoms with E-state index in [-0.39, 0.29) is 11.8 Å². The van der Waals surface area contributed by atoms with Gasteiger partial charge in [-0.2, -0.15) is 0 Å². The molecule has 24 heavy (non-hydrogen) atoms. The molecule has 1 aliphatic heterocycles. The first-order chi connectivity index (χ1) is 11.4. The van der Waals surface area contributed by atoms with Crippen LogP contribution in [0.3, 0.4) is 0 Å². The number of carbonyl (C=O) groups is 1. The Kier molecular flexibility index (Phi) is 6.78. The van der Waals surface area contributed by atoms with Crippen molar-refractivity contribution >= 4 is 5.91 Å². The summed E-state index contributed by atoms with van der Waals surface area (Å²) in [4.78, 5) is 16.7. The van der Waals surface area contributed by atoms with Crippen LogP contribution < -0.4 is 5.32 Å². The van der Waals surface area contributed by atoms with E-state index in [1.54, 1.807) is 6.92 Å². The van der Waals surface area contributed by atoms with E-state index < -0.39 is 5.60 Å². The highest BCUT2D eigenvalue weighted by Gasteiger charge is 2.26. The van der Waals surface area contributed by atoms with Gasteiger partial charge in [0.25, 0.3) is 0 Å². The molecule has 0 saturated carbocycles. The van der Waals surface area contributed by atoms with Crippen molar-refractivity contribution in [2.45, 2.75) is 32.9 Å². The number of hydrogen-bond acceptors (Lipinski definition) is 4. The Hall–Kier alpha value is -1.43. The van der Waals surface area contributed by atoms with Crippen LogP contribution in [0.2, 0.25) is 0 Å². The zero-order valence-electron chi connectivity index (χ0n) is 15.2. The summed E-state index contributed by atoms with van der Waals surface area (Å²) in [5.74, 6) is 0.103. The maximum absolute atomic E-state index is 12.1. The standard InChI is InChI=1S/C19H31N3O2/c1-16(2)19(3,24)15-20-18(23)14-22-11-9-21(10-12-22)13-17-7-5-4-6-8-17/h4-8,16,24H,9-15H2,1-3H3,(H,20,23). The van der Waals surface area contributed by atoms with Crippen LogP contribution >= 0.6 is 0 Å². The zero-order chi connectivity index (χ0) is 17.6. The second kappa shape index (κ2) is 8.60. The van der Waals surface area contributed by atoms with Crippen LogP contribution in [0.1, 0.15) is 26.3 Å². The van der Waals surface area contributed by atoms with Crippen molar-refractivity contribution in [1.29, 1.82) is 0 Å². The lowest BCUT2D eigenvalue weighted by molar-refractivity contribution is -0.124. The molecule has 1 aliphatic rings. The van der Waals surface area contributed by atoms with Crippen LogP contribution in [0.25, 0.3) is 0 Å². The van der Waals surface area contributed by atoms with Gasteiger partial charge >= 0.3 is 0 Å². The maximum atomic E-state index is 12.1. The first kappa shape index (κ1) is 18.9. The van der Waals surface area contributed by atoms with Crippen LogP contribution in [0.15, 0.2) is 30.3 Å². The van der Waals surface area contributed by atoms with E-state index in [0.717, 1.165) is 32.7 Å². The van der Waals surface area contributed by atoms with Gasteiger partial charge in [-0.3, -0.25) is 14.6 Å². The molecule has 1 atom stereocenters. The molecular formula is C19H31N3O2. The van der Waals surface area contributed by atoms with Crippen LogP contribution in [0, 0.1) is 5.92 Å². The largest absolute Gasteiger partial charge is 0.388 e. The molecular weight excluding hydrogens is 302 g/mol. The third-order valence-corrected chi connectivity index (χ3v) is 4.97. The van der Waals surface area contributed by atoms with Crippen molar-refractivity contribution < 1.29 is 9.90 Å². The Bertz CT molecular complexity index is 509. The molecule has 1 aromatic rings. The van der Waals surface area contributed by atoms with Crippen molar-refractivity contribution in [3.8, 4) is 0 Å². The molecule has 0 radical (unpaired) electrons. The van der Waals surface area contributed by atoms with Gasteiger partial charge < -0.3 is 10.4 Å². The summed E-state index contributed by atoms with van der Waals surface area (Å²) in [5, 5.41) is 13.0. The fourth-order valence-corrected chi connectivity index (χ4v) is 2.69. The van der Waals surface area contributed by atoms with Crippen molar-refractivity contribution in [3.05, 3.63) is 35.9 Å². The monoisotopic (exact) mass is 333 g/mol. The summed E-state index contributed by atoms with van der Waals surface area (Å²) in [6, 6.07) is 10.5. The molecule has 1 amide bonds. The highest BCUT2D eigenvalue weighted by molar-refractivity contribution is 5.78. The summed E-state index contributed by atoms with van der Waals surface area (Å²) >= 11 is 0. The molecule has 2 N–H and O–H groups in total. The first-order valence-corrected chi connectivity index (χ1v) is 8.84. The number of benzene rings is 1. The second-order valence-corrected chi connectivity index (χ2v) is 7.33. The molecule has 1 aromatic carbocycles. The van der Waals surface area contributed by atoms with Crippen molar-refractivity contribution in [1.82, 2.24) is 15.1 Å². The van der Waals surface area contributed by atoms with Gasteiger partial charge in [0.15, 0.2) is 0 Å². The fraction of sp³-hybridized carbons (Fsp3) is 0.632. The lowest BCUT2D eigenvalue weighted by atomic mass is 9.92. The number of hydrogen-bond donors (Lipinski definition) is 2. The molecule has 0 aliphatic carbocycles. The molecule has 5 heteroatoms. The maximum Gasteiger partial charge on any atom is 0.234 e. The SMILES string of the molecule is CC(C)C(C)(O)CNC(=O)CN1CCN(Cc2ccccc2)CC1. The van der Waals surface area contributed by atoms with Gasteiger partial charge in [-0.25, -0.2) is 0 Å². The summed E-state index contributed by atoms with van der Waals surface area (Å²) < 4.78 is 0. The Labute approximate surface area is 145 Å². The minimum Gasteiger partial charge on any atom is -0.388 e. The molecule has 0 spiro atoms. The number of nitrogens with zero attached hydrogens (tertiary/aromatic N) is 2. The van der Waals surface area contributed by atoms with Gasteiger partial charge in [-0.05, 0) is 18.4 Å². The Morgan fingerprint density at radius 1 is 1.17 bits per heavy atom. The van der Waals surface area contributed by atoms with E-state index in [9.17, 15) is 9.90 Å².